The molecule has 3 aromatic carbocycles. The lowest BCUT2D eigenvalue weighted by atomic mass is 10.3. The molecule has 1 nitrogen and oxygen atoms in total. The smallest absolute Gasteiger partial charge is 0.222 e. The Balaban J connectivity index is 2.20. The van der Waals surface area contributed by atoms with Gasteiger partial charge in [-0.05, 0) is 28.5 Å². The van der Waals surface area contributed by atoms with E-state index in [0.29, 0.717) is 0 Å². The molecule has 122 valence electrons. The summed E-state index contributed by atoms with van der Waals surface area (Å²) >= 11 is 0. The first-order valence-electron chi connectivity index (χ1n) is 8.79. The molecule has 0 aliphatic heterocycles. The number of benzene rings is 3. The number of hydrogen-bond donors (Lipinski definition) is 1. The van der Waals surface area contributed by atoms with Crippen LogP contribution in [0.4, 0.5) is 0 Å². The highest BCUT2D eigenvalue weighted by atomic mass is 28.3. The van der Waals surface area contributed by atoms with Gasteiger partial charge in [0.2, 0.25) is 8.24 Å². The van der Waals surface area contributed by atoms with Crippen LogP contribution in [0, 0.1) is 0 Å². The minimum Gasteiger partial charge on any atom is -0.327 e. The van der Waals surface area contributed by atoms with Crippen molar-refractivity contribution in [3.8, 4) is 0 Å². The van der Waals surface area contributed by atoms with Gasteiger partial charge in [-0.1, -0.05) is 104 Å². The molecule has 0 aliphatic rings. The van der Waals surface area contributed by atoms with Crippen LogP contribution in [0.25, 0.3) is 0 Å². The van der Waals surface area contributed by atoms with Gasteiger partial charge in [0.05, 0.1) is 0 Å². The van der Waals surface area contributed by atoms with Crippen molar-refractivity contribution in [1.29, 1.82) is 0 Å². The highest BCUT2D eigenvalue weighted by Crippen LogP contribution is 2.05. The Labute approximate surface area is 146 Å². The van der Waals surface area contributed by atoms with E-state index in [1.807, 2.05) is 0 Å². The van der Waals surface area contributed by atoms with Crippen LogP contribution in [0.5, 0.6) is 0 Å². The first kappa shape index (κ1) is 16.7. The van der Waals surface area contributed by atoms with E-state index in [2.05, 4.69) is 103 Å². The molecule has 0 aromatic heterocycles. The Morgan fingerprint density at radius 1 is 0.625 bits per heavy atom. The molecule has 0 atom stereocenters. The van der Waals surface area contributed by atoms with Crippen molar-refractivity contribution in [2.75, 3.05) is 6.54 Å². The summed E-state index contributed by atoms with van der Waals surface area (Å²) in [6.07, 6.45) is 2.40. The normalized spacial score (nSPS) is 11.4. The summed E-state index contributed by atoms with van der Waals surface area (Å²) in [5.41, 5.74) is 0. The summed E-state index contributed by atoms with van der Waals surface area (Å²) in [6, 6.07) is 32.9. The second-order valence-corrected chi connectivity index (χ2v) is 9.71. The van der Waals surface area contributed by atoms with Crippen LogP contribution >= 0.6 is 0 Å². The third-order valence-electron chi connectivity index (χ3n) is 4.54. The molecule has 0 aliphatic carbocycles. The number of nitrogens with one attached hydrogen (secondary N) is 1. The largest absolute Gasteiger partial charge is 0.327 e. The van der Waals surface area contributed by atoms with Gasteiger partial charge in [0, 0.05) is 0 Å². The van der Waals surface area contributed by atoms with Crippen molar-refractivity contribution in [2.24, 2.45) is 0 Å². The Morgan fingerprint density at radius 2 is 1.00 bits per heavy atom. The SMILES string of the molecule is CCCCN[Si](c1ccccc1)(c1ccccc1)c1ccccc1. The van der Waals surface area contributed by atoms with Crippen LogP contribution in [0.2, 0.25) is 0 Å². The van der Waals surface area contributed by atoms with E-state index in [-0.39, 0.29) is 0 Å². The van der Waals surface area contributed by atoms with Crippen LogP contribution in [-0.4, -0.2) is 14.8 Å². The molecular weight excluding hydrogens is 306 g/mol. The molecule has 0 bridgehead atoms. The van der Waals surface area contributed by atoms with Crippen molar-refractivity contribution in [3.63, 3.8) is 0 Å². The van der Waals surface area contributed by atoms with Crippen LogP contribution in [0.1, 0.15) is 19.8 Å². The van der Waals surface area contributed by atoms with E-state index in [1.54, 1.807) is 0 Å². The van der Waals surface area contributed by atoms with E-state index in [9.17, 15) is 0 Å². The molecule has 0 saturated carbocycles. The van der Waals surface area contributed by atoms with Crippen LogP contribution in [0.3, 0.4) is 0 Å². The van der Waals surface area contributed by atoms with Gasteiger partial charge in [-0.25, -0.2) is 0 Å². The number of unbranched alkanes of at least 4 members (excludes halogenated alkanes) is 1. The standard InChI is InChI=1S/C22H25NSi/c1-2-3-19-23-24(20-13-7-4-8-14-20,21-15-9-5-10-16-21)22-17-11-6-12-18-22/h4-18,23H,2-3,19H2,1H3. The Kier molecular flexibility index (Phi) is 5.62. The monoisotopic (exact) mass is 331 g/mol. The average molecular weight is 332 g/mol. The fourth-order valence-electron chi connectivity index (χ4n) is 3.32. The number of rotatable bonds is 7. The molecule has 3 aromatic rings. The summed E-state index contributed by atoms with van der Waals surface area (Å²) < 4.78 is 0. The lowest BCUT2D eigenvalue weighted by molar-refractivity contribution is 0.761. The van der Waals surface area contributed by atoms with Crippen molar-refractivity contribution in [3.05, 3.63) is 91.0 Å². The summed E-state index contributed by atoms with van der Waals surface area (Å²) in [7, 11) is -2.21. The van der Waals surface area contributed by atoms with Crippen LogP contribution < -0.4 is 20.5 Å². The quantitative estimate of drug-likeness (QED) is 0.399. The zero-order chi connectivity index (χ0) is 16.7. The van der Waals surface area contributed by atoms with Crippen molar-refractivity contribution >= 4 is 23.8 Å². The average Bonchev–Trinajstić information content (AvgIpc) is 2.68. The van der Waals surface area contributed by atoms with Crippen LogP contribution in [0.15, 0.2) is 91.0 Å². The van der Waals surface area contributed by atoms with Crippen molar-refractivity contribution in [1.82, 2.24) is 4.98 Å². The molecule has 3 rings (SSSR count). The van der Waals surface area contributed by atoms with Gasteiger partial charge < -0.3 is 4.98 Å². The predicted molar refractivity (Wildman–Crippen MR) is 107 cm³/mol. The number of hydrogen-bond acceptors (Lipinski definition) is 1. The van der Waals surface area contributed by atoms with Crippen molar-refractivity contribution in [2.45, 2.75) is 19.8 Å². The molecule has 1 N–H and O–H groups in total. The molecule has 24 heavy (non-hydrogen) atoms. The van der Waals surface area contributed by atoms with Gasteiger partial charge >= 0.3 is 0 Å². The summed E-state index contributed by atoms with van der Waals surface area (Å²) in [5, 5.41) is 4.25. The lowest BCUT2D eigenvalue weighted by Crippen LogP contribution is -2.76. The summed E-state index contributed by atoms with van der Waals surface area (Å²) in [4.78, 5) is 4.02. The van der Waals surface area contributed by atoms with Gasteiger partial charge in [0.15, 0.2) is 0 Å². The first-order valence-corrected chi connectivity index (χ1v) is 10.8. The van der Waals surface area contributed by atoms with Gasteiger partial charge in [-0.3, -0.25) is 0 Å². The molecule has 0 amide bonds. The van der Waals surface area contributed by atoms with E-state index < -0.39 is 8.24 Å². The highest BCUT2D eigenvalue weighted by Gasteiger charge is 2.39. The molecule has 0 saturated heterocycles. The molecular formula is C22H25NSi. The zero-order valence-electron chi connectivity index (χ0n) is 14.3. The zero-order valence-corrected chi connectivity index (χ0v) is 15.3. The van der Waals surface area contributed by atoms with Gasteiger partial charge in [-0.15, -0.1) is 0 Å². The third kappa shape index (κ3) is 3.35. The van der Waals surface area contributed by atoms with E-state index in [4.69, 9.17) is 0 Å². The minimum absolute atomic E-state index is 1.04. The third-order valence-corrected chi connectivity index (χ3v) is 8.92. The fraction of sp³-hybridized carbons (Fsp3) is 0.182. The highest BCUT2D eigenvalue weighted by molar-refractivity contribution is 7.09. The van der Waals surface area contributed by atoms with Gasteiger partial charge in [0.25, 0.3) is 0 Å². The summed E-state index contributed by atoms with van der Waals surface area (Å²) in [5.74, 6) is 0. The second-order valence-electron chi connectivity index (χ2n) is 6.13. The fourth-order valence-corrected chi connectivity index (χ4v) is 7.56. The van der Waals surface area contributed by atoms with E-state index >= 15 is 0 Å². The first-order chi connectivity index (χ1) is 11.9. The second kappa shape index (κ2) is 8.09. The van der Waals surface area contributed by atoms with Gasteiger partial charge in [0.1, 0.15) is 0 Å². The molecule has 2 heteroatoms. The molecule has 0 fully saturated rings. The molecule has 0 heterocycles. The maximum absolute atomic E-state index is 4.02. The Morgan fingerprint density at radius 3 is 1.33 bits per heavy atom. The molecule has 0 spiro atoms. The summed E-state index contributed by atoms with van der Waals surface area (Å²) in [6.45, 7) is 3.29. The lowest BCUT2D eigenvalue weighted by Gasteiger charge is -2.34. The maximum atomic E-state index is 4.02. The van der Waals surface area contributed by atoms with Crippen molar-refractivity contribution < 1.29 is 0 Å². The predicted octanol–water partition coefficient (Wildman–Crippen LogP) is 3.04. The Hall–Kier alpha value is -2.16. The molecule has 0 unspecified atom stereocenters. The topological polar surface area (TPSA) is 12.0 Å². The van der Waals surface area contributed by atoms with Gasteiger partial charge in [-0.2, -0.15) is 0 Å². The van der Waals surface area contributed by atoms with Crippen LogP contribution in [-0.2, 0) is 0 Å². The molecule has 0 radical (unpaired) electrons. The maximum Gasteiger partial charge on any atom is 0.222 e. The minimum atomic E-state index is -2.21. The Bertz CT molecular complexity index is 629. The van der Waals surface area contributed by atoms with E-state index in [1.165, 1.54) is 28.4 Å². The van der Waals surface area contributed by atoms with E-state index in [0.717, 1.165) is 6.54 Å².